The summed E-state index contributed by atoms with van der Waals surface area (Å²) < 4.78 is 13.0. The normalized spacial score (nSPS) is 30.4. The molecule has 33 heavy (non-hydrogen) atoms. The molecule has 0 radical (unpaired) electrons. The largest absolute Gasteiger partial charge is 0.481 e. The lowest BCUT2D eigenvalue weighted by atomic mass is 9.43. The Morgan fingerprint density at radius 2 is 1.94 bits per heavy atom. The lowest BCUT2D eigenvalue weighted by molar-refractivity contribution is -0.199. The molecular formula is C24H33BCl2N2O4. The van der Waals surface area contributed by atoms with Crippen molar-refractivity contribution in [2.75, 3.05) is 6.54 Å². The minimum absolute atomic E-state index is 0.0514. The third kappa shape index (κ3) is 4.66. The van der Waals surface area contributed by atoms with Crippen molar-refractivity contribution >= 4 is 42.1 Å². The molecule has 180 valence electrons. The van der Waals surface area contributed by atoms with Crippen molar-refractivity contribution in [2.24, 2.45) is 23.2 Å². The van der Waals surface area contributed by atoms with Crippen LogP contribution in [0.2, 0.25) is 10.0 Å². The molecule has 4 fully saturated rings. The van der Waals surface area contributed by atoms with Crippen molar-refractivity contribution in [2.45, 2.75) is 71.5 Å². The average molecular weight is 504 g/mol. The Kier molecular flexibility index (Phi) is 6.82. The molecular weight excluding hydrogens is 471 g/mol. The van der Waals surface area contributed by atoms with E-state index in [-0.39, 0.29) is 46.1 Å². The molecule has 1 aliphatic heterocycles. The van der Waals surface area contributed by atoms with E-state index >= 15 is 0 Å². The number of benzene rings is 1. The van der Waals surface area contributed by atoms with Crippen LogP contribution in [0, 0.1) is 23.2 Å². The molecule has 3 saturated carbocycles. The van der Waals surface area contributed by atoms with Gasteiger partial charge in [0.15, 0.2) is 0 Å². The van der Waals surface area contributed by atoms with E-state index in [1.807, 2.05) is 0 Å². The van der Waals surface area contributed by atoms with Crippen molar-refractivity contribution in [1.82, 2.24) is 10.6 Å². The maximum absolute atomic E-state index is 12.8. The van der Waals surface area contributed by atoms with E-state index in [2.05, 4.69) is 45.3 Å². The summed E-state index contributed by atoms with van der Waals surface area (Å²) in [6.45, 7) is 10.8. The molecule has 6 nitrogen and oxygen atoms in total. The highest BCUT2D eigenvalue weighted by Crippen LogP contribution is 2.65. The van der Waals surface area contributed by atoms with Crippen molar-refractivity contribution < 1.29 is 18.9 Å². The molecule has 5 rings (SSSR count). The Bertz CT molecular complexity index is 943. The van der Waals surface area contributed by atoms with Gasteiger partial charge in [0, 0.05) is 5.02 Å². The van der Waals surface area contributed by atoms with Crippen LogP contribution in [-0.4, -0.2) is 43.1 Å². The quantitative estimate of drug-likeness (QED) is 0.423. The Morgan fingerprint density at radius 3 is 2.61 bits per heavy atom. The number of hydrogen-bond acceptors (Lipinski definition) is 4. The van der Waals surface area contributed by atoms with Crippen LogP contribution in [0.25, 0.3) is 0 Å². The zero-order chi connectivity index (χ0) is 24.1. The fourth-order valence-electron chi connectivity index (χ4n) is 6.00. The van der Waals surface area contributed by atoms with Crippen LogP contribution in [0.4, 0.5) is 0 Å². The maximum atomic E-state index is 12.8. The van der Waals surface area contributed by atoms with Gasteiger partial charge < -0.3 is 19.9 Å². The molecule has 0 unspecified atom stereocenters. The second-order valence-electron chi connectivity index (χ2n) is 10.9. The molecule has 1 aromatic rings. The molecule has 1 aromatic carbocycles. The Balaban J connectivity index is 1.39. The van der Waals surface area contributed by atoms with Crippen LogP contribution in [0.1, 0.15) is 64.2 Å². The summed E-state index contributed by atoms with van der Waals surface area (Å²) in [6, 6.07) is 4.64. The van der Waals surface area contributed by atoms with Crippen molar-refractivity contribution in [3.63, 3.8) is 0 Å². The summed E-state index contributed by atoms with van der Waals surface area (Å²) in [6.07, 6.45) is 2.94. The van der Waals surface area contributed by atoms with E-state index in [4.69, 9.17) is 32.5 Å². The van der Waals surface area contributed by atoms with Gasteiger partial charge in [0.05, 0.1) is 34.8 Å². The predicted molar refractivity (Wildman–Crippen MR) is 130 cm³/mol. The lowest BCUT2D eigenvalue weighted by Gasteiger charge is -2.64. The van der Waals surface area contributed by atoms with E-state index < -0.39 is 13.0 Å². The number of nitrogens with one attached hydrogen (secondary N) is 2. The smallest absolute Gasteiger partial charge is 0.404 e. The Morgan fingerprint density at radius 1 is 1.21 bits per heavy atom. The summed E-state index contributed by atoms with van der Waals surface area (Å²) in [7, 11) is -0.500. The van der Waals surface area contributed by atoms with Gasteiger partial charge in [-0.15, -0.1) is 0 Å². The third-order valence-electron chi connectivity index (χ3n) is 7.95. The molecule has 1 heterocycles. The van der Waals surface area contributed by atoms with E-state index in [0.29, 0.717) is 29.2 Å². The zero-order valence-corrected chi connectivity index (χ0v) is 21.4. The molecule has 1 saturated heterocycles. The highest BCUT2D eigenvalue weighted by Gasteiger charge is 2.68. The summed E-state index contributed by atoms with van der Waals surface area (Å²) in [5, 5.41) is 6.34. The van der Waals surface area contributed by atoms with Crippen LogP contribution in [0.15, 0.2) is 18.2 Å². The zero-order valence-electron chi connectivity index (χ0n) is 19.9. The molecule has 0 aromatic heterocycles. The summed E-state index contributed by atoms with van der Waals surface area (Å²) in [4.78, 5) is 25.2. The van der Waals surface area contributed by atoms with Gasteiger partial charge in [-0.05, 0) is 67.6 Å². The molecule has 2 amide bonds. The van der Waals surface area contributed by atoms with Crippen LogP contribution in [0.3, 0.4) is 0 Å². The maximum Gasteiger partial charge on any atom is 0.481 e. The fourth-order valence-corrected chi connectivity index (χ4v) is 6.38. The summed E-state index contributed by atoms with van der Waals surface area (Å²) >= 11 is 12.1. The van der Waals surface area contributed by atoms with Gasteiger partial charge in [0.1, 0.15) is 0 Å². The predicted octanol–water partition coefficient (Wildman–Crippen LogP) is 4.52. The summed E-state index contributed by atoms with van der Waals surface area (Å²) in [5.41, 5.74) is 0.156. The molecule has 2 bridgehead atoms. The molecule has 5 atom stereocenters. The SMILES string of the molecule is CC(C)C[C@H](N[13C](=O)[13CH2]N[13C](=O)[13c]1[13cH][13c](Cl)[13cH][13cH][13c]1Cl)B1O[C@@H]2C[C@@H]3C[C@@H](C3(C)C)[C@]2(C)O1. The number of hydrogen-bond donors (Lipinski definition) is 2. The van der Waals surface area contributed by atoms with Gasteiger partial charge in [-0.1, -0.05) is 50.9 Å². The Labute approximate surface area is 206 Å². The molecule has 0 spiro atoms. The van der Waals surface area contributed by atoms with Crippen molar-refractivity contribution in [3.8, 4) is 0 Å². The van der Waals surface area contributed by atoms with Crippen molar-refractivity contribution in [1.29, 1.82) is 0 Å². The molecule has 3 aliphatic carbocycles. The highest BCUT2D eigenvalue weighted by atomic mass is 35.5. The summed E-state index contributed by atoms with van der Waals surface area (Å²) in [5.74, 6) is 0.399. The highest BCUT2D eigenvalue weighted by molar-refractivity contribution is 6.48. The second kappa shape index (κ2) is 9.06. The van der Waals surface area contributed by atoms with Crippen LogP contribution in [-0.2, 0) is 14.1 Å². The molecule has 2 N–H and O–H groups in total. The topological polar surface area (TPSA) is 76.7 Å². The number of amides is 2. The number of carbonyl (C=O) groups excluding carboxylic acids is 2. The first-order valence-corrected chi connectivity index (χ1v) is 12.5. The minimum Gasteiger partial charge on any atom is -0.404 e. The van der Waals surface area contributed by atoms with Gasteiger partial charge in [0.2, 0.25) is 5.91 Å². The minimum atomic E-state index is -0.500. The first kappa shape index (κ1) is 24.8. The van der Waals surface area contributed by atoms with Crippen LogP contribution < -0.4 is 10.6 Å². The number of rotatable bonds is 7. The third-order valence-corrected chi connectivity index (χ3v) is 8.52. The fraction of sp³-hybridized carbons (Fsp3) is 0.667. The second-order valence-corrected chi connectivity index (χ2v) is 11.8. The number of carbonyl (C=O) groups is 2. The lowest BCUT2D eigenvalue weighted by Crippen LogP contribution is -2.65. The van der Waals surface area contributed by atoms with E-state index in [0.717, 1.165) is 6.42 Å². The van der Waals surface area contributed by atoms with Gasteiger partial charge in [-0.3, -0.25) is 9.59 Å². The average Bonchev–Trinajstić information content (AvgIpc) is 3.10. The van der Waals surface area contributed by atoms with Crippen molar-refractivity contribution in [3.05, 3.63) is 33.8 Å². The molecule has 9 heteroatoms. The van der Waals surface area contributed by atoms with E-state index in [1.54, 1.807) is 12.1 Å². The molecule has 4 aliphatic rings. The first-order valence-electron chi connectivity index (χ1n) is 11.8. The van der Waals surface area contributed by atoms with E-state index in [1.165, 1.54) is 12.5 Å². The van der Waals surface area contributed by atoms with Gasteiger partial charge in [-0.25, -0.2) is 0 Å². The standard InChI is InChI=1S/C24H33BCl2N2O4/c1-13(2)8-20(25-32-19-10-14-9-18(23(14,3)4)24(19,5)33-25)29-21(30)12-28-22(31)16-11-15(26)6-7-17(16)27/h6-7,11,13-14,18-20H,8-10,12H2,1-5H3,(H,28,31)(H,29,30)/t14-,18-,19+,20-,24-/m0/s1/i6+1,7+1,11+1,12+1,15+1,16+1,17+1,21+1,22+1. The first-order chi connectivity index (χ1) is 15.4. The number of halogens is 2. The van der Waals surface area contributed by atoms with Gasteiger partial charge >= 0.3 is 7.12 Å². The van der Waals surface area contributed by atoms with E-state index in [9.17, 15) is 9.59 Å². The Hall–Kier alpha value is -1.28. The monoisotopic (exact) mass is 503 g/mol. The van der Waals surface area contributed by atoms with Gasteiger partial charge in [0.25, 0.3) is 5.91 Å². The van der Waals surface area contributed by atoms with Gasteiger partial charge in [-0.2, -0.15) is 0 Å². The van der Waals surface area contributed by atoms with Crippen LogP contribution in [0.5, 0.6) is 0 Å². The van der Waals surface area contributed by atoms with Crippen LogP contribution >= 0.6 is 23.2 Å².